The van der Waals surface area contributed by atoms with Gasteiger partial charge in [0.1, 0.15) is 54.9 Å². The van der Waals surface area contributed by atoms with Gasteiger partial charge in [-0.05, 0) is 54.8 Å². The van der Waals surface area contributed by atoms with Crippen LogP contribution in [0.15, 0.2) is 42.5 Å². The first-order valence-electron chi connectivity index (χ1n) is 16.6. The highest BCUT2D eigenvalue weighted by atomic mass is 16.8. The van der Waals surface area contributed by atoms with Crippen LogP contribution in [0.5, 0.6) is 23.0 Å². The van der Waals surface area contributed by atoms with E-state index in [1.807, 2.05) is 0 Å². The first-order chi connectivity index (χ1) is 25.2. The normalized spacial score (nSPS) is 36.2. The summed E-state index contributed by atoms with van der Waals surface area (Å²) < 4.78 is 40.2. The molecule has 0 spiro atoms. The molecule has 11 N–H and O–H groups in total. The number of aliphatic hydroxyl groups excluding tert-OH is 7. The van der Waals surface area contributed by atoms with Crippen molar-refractivity contribution >= 4 is 12.0 Å². The van der Waals surface area contributed by atoms with Crippen molar-refractivity contribution in [3.63, 3.8) is 0 Å². The summed E-state index contributed by atoms with van der Waals surface area (Å²) in [5.41, 5.74) is 0.834. The summed E-state index contributed by atoms with van der Waals surface area (Å²) >= 11 is 0. The van der Waals surface area contributed by atoms with Crippen molar-refractivity contribution < 1.29 is 94.1 Å². The summed E-state index contributed by atoms with van der Waals surface area (Å²) in [6, 6.07) is 7.85. The van der Waals surface area contributed by atoms with E-state index in [9.17, 15) is 61.0 Å². The van der Waals surface area contributed by atoms with E-state index in [4.69, 9.17) is 33.2 Å². The Morgan fingerprint density at radius 2 is 1.32 bits per heavy atom. The molecule has 294 valence electrons. The molecule has 0 aromatic heterocycles. The Balaban J connectivity index is 1.40. The highest BCUT2D eigenvalue weighted by Gasteiger charge is 2.54. The molecule has 0 aliphatic carbocycles. The van der Waals surface area contributed by atoms with Gasteiger partial charge in [-0.2, -0.15) is 0 Å². The van der Waals surface area contributed by atoms with Gasteiger partial charge in [0.25, 0.3) is 0 Å². The fourth-order valence-corrected chi connectivity index (χ4v) is 6.02. The van der Waals surface area contributed by atoms with Gasteiger partial charge in [-0.1, -0.05) is 12.1 Å². The molecule has 0 amide bonds. The molecule has 0 radical (unpaired) electrons. The predicted molar refractivity (Wildman–Crippen MR) is 174 cm³/mol. The fraction of sp³-hybridized carbons (Fsp3) is 0.559. The third kappa shape index (κ3) is 9.35. The minimum absolute atomic E-state index is 0.137. The van der Waals surface area contributed by atoms with Crippen LogP contribution in [0.25, 0.3) is 6.08 Å². The smallest absolute Gasteiger partial charge is 0.331 e. The van der Waals surface area contributed by atoms with E-state index in [2.05, 4.69) is 0 Å². The third-order valence-electron chi connectivity index (χ3n) is 9.04. The van der Waals surface area contributed by atoms with E-state index in [-0.39, 0.29) is 30.3 Å². The van der Waals surface area contributed by atoms with Gasteiger partial charge in [-0.3, -0.25) is 0 Å². The molecule has 0 bridgehead atoms. The van der Waals surface area contributed by atoms with E-state index in [1.54, 1.807) is 0 Å². The van der Waals surface area contributed by atoms with Gasteiger partial charge >= 0.3 is 5.97 Å². The average Bonchev–Trinajstić information content (AvgIpc) is 3.41. The summed E-state index contributed by atoms with van der Waals surface area (Å²) in [5, 5.41) is 113. The Morgan fingerprint density at radius 3 is 1.96 bits per heavy atom. The monoisotopic (exact) mass is 756 g/mol. The van der Waals surface area contributed by atoms with Gasteiger partial charge < -0.3 is 89.3 Å². The first kappa shape index (κ1) is 40.5. The molecule has 19 heteroatoms. The molecule has 14 atom stereocenters. The zero-order valence-corrected chi connectivity index (χ0v) is 28.2. The van der Waals surface area contributed by atoms with E-state index < -0.39 is 111 Å². The van der Waals surface area contributed by atoms with Crippen LogP contribution in [0.3, 0.4) is 0 Å². The zero-order valence-electron chi connectivity index (χ0n) is 28.2. The number of hydrogen-bond donors (Lipinski definition) is 11. The van der Waals surface area contributed by atoms with Crippen LogP contribution in [0.1, 0.15) is 18.1 Å². The average molecular weight is 757 g/mol. The molecule has 2 aromatic rings. The molecule has 2 aromatic carbocycles. The standard InChI is InChI=1S/C34H44O19/c1-14-24(42)26(44)31(53-33-27(45)25(43)21(12-35)49-33)34(48-14)52-30-28(46)32(47-9-8-16-3-6-18(38)20(40)11-16)50-22(13-36)29(30)51-23(41)7-4-15-2-5-17(37)19(39)10-15/h2-7,10-11,14,21-22,24-40,42-46H,8-9,12-13H2,1H3/t14-,21+,22+,24-,25+,26+,27+,28+,29+,30+,31+,32+,33-,34-/m0/s1. The predicted octanol–water partition coefficient (Wildman–Crippen LogP) is -2.55. The highest BCUT2D eigenvalue weighted by Crippen LogP contribution is 2.35. The second-order valence-corrected chi connectivity index (χ2v) is 12.7. The van der Waals surface area contributed by atoms with Gasteiger partial charge in [-0.25, -0.2) is 4.79 Å². The number of aromatic hydroxyl groups is 4. The number of esters is 1. The van der Waals surface area contributed by atoms with E-state index in [0.717, 1.165) is 6.08 Å². The summed E-state index contributed by atoms with van der Waals surface area (Å²) in [6.45, 7) is -0.247. The minimum atomic E-state index is -1.82. The Labute approximate surface area is 302 Å². The number of carbonyl (C=O) groups excluding carboxylic acids is 1. The number of rotatable bonds is 13. The van der Waals surface area contributed by atoms with Crippen LogP contribution in [-0.2, 0) is 44.4 Å². The van der Waals surface area contributed by atoms with Gasteiger partial charge in [0, 0.05) is 6.08 Å². The number of hydrogen-bond acceptors (Lipinski definition) is 19. The molecule has 0 saturated carbocycles. The van der Waals surface area contributed by atoms with E-state index >= 15 is 0 Å². The van der Waals surface area contributed by atoms with Gasteiger partial charge in [0.15, 0.2) is 48.0 Å². The largest absolute Gasteiger partial charge is 0.504 e. The molecule has 3 aliphatic heterocycles. The number of ether oxygens (including phenoxy) is 7. The lowest BCUT2D eigenvalue weighted by molar-refractivity contribution is -0.372. The Morgan fingerprint density at radius 1 is 0.679 bits per heavy atom. The molecule has 19 nitrogen and oxygen atoms in total. The number of carbonyl (C=O) groups is 1. The van der Waals surface area contributed by atoms with Crippen LogP contribution < -0.4 is 0 Å². The quantitative estimate of drug-likeness (QED) is 0.0569. The molecule has 3 fully saturated rings. The molecule has 3 heterocycles. The third-order valence-corrected chi connectivity index (χ3v) is 9.04. The number of phenols is 4. The fourth-order valence-electron chi connectivity index (χ4n) is 6.02. The summed E-state index contributed by atoms with van der Waals surface area (Å²) in [6.07, 6.45) is -19.9. The lowest BCUT2D eigenvalue weighted by Gasteiger charge is -2.47. The first-order valence-corrected chi connectivity index (χ1v) is 16.6. The summed E-state index contributed by atoms with van der Waals surface area (Å²) in [7, 11) is 0. The molecular formula is C34H44O19. The van der Waals surface area contributed by atoms with Crippen molar-refractivity contribution in [3.8, 4) is 23.0 Å². The van der Waals surface area contributed by atoms with Crippen LogP contribution in [-0.4, -0.2) is 168 Å². The second kappa shape index (κ2) is 17.6. The van der Waals surface area contributed by atoms with Crippen molar-refractivity contribution in [2.45, 2.75) is 99.4 Å². The summed E-state index contributed by atoms with van der Waals surface area (Å²) in [4.78, 5) is 13.1. The maximum Gasteiger partial charge on any atom is 0.331 e. The van der Waals surface area contributed by atoms with Crippen molar-refractivity contribution in [2.24, 2.45) is 0 Å². The molecule has 5 rings (SSSR count). The lowest BCUT2D eigenvalue weighted by Crippen LogP contribution is -2.65. The molecule has 53 heavy (non-hydrogen) atoms. The van der Waals surface area contributed by atoms with E-state index in [0.29, 0.717) is 11.1 Å². The maximum absolute atomic E-state index is 13.1. The van der Waals surface area contributed by atoms with Crippen LogP contribution in [0.2, 0.25) is 0 Å². The van der Waals surface area contributed by atoms with E-state index in [1.165, 1.54) is 49.4 Å². The number of benzene rings is 2. The lowest BCUT2D eigenvalue weighted by atomic mass is 9.96. The Hall–Kier alpha value is -3.67. The van der Waals surface area contributed by atoms with Crippen molar-refractivity contribution in [3.05, 3.63) is 53.6 Å². The summed E-state index contributed by atoms with van der Waals surface area (Å²) in [5.74, 6) is -2.58. The Bertz CT molecular complexity index is 1560. The highest BCUT2D eigenvalue weighted by molar-refractivity contribution is 5.87. The van der Waals surface area contributed by atoms with Crippen LogP contribution in [0.4, 0.5) is 0 Å². The second-order valence-electron chi connectivity index (χ2n) is 12.7. The molecule has 3 aliphatic rings. The van der Waals surface area contributed by atoms with Gasteiger partial charge in [0.05, 0.1) is 25.9 Å². The molecular weight excluding hydrogens is 712 g/mol. The minimum Gasteiger partial charge on any atom is -0.504 e. The topological polar surface area (TPSA) is 304 Å². The Kier molecular flexibility index (Phi) is 13.5. The van der Waals surface area contributed by atoms with Crippen molar-refractivity contribution in [2.75, 3.05) is 19.8 Å². The van der Waals surface area contributed by atoms with Crippen molar-refractivity contribution in [1.29, 1.82) is 0 Å². The molecule has 0 unspecified atom stereocenters. The number of aliphatic hydroxyl groups is 7. The van der Waals surface area contributed by atoms with Crippen LogP contribution in [0, 0.1) is 0 Å². The van der Waals surface area contributed by atoms with Gasteiger partial charge in [-0.15, -0.1) is 0 Å². The maximum atomic E-state index is 13.1. The van der Waals surface area contributed by atoms with Gasteiger partial charge in [0.2, 0.25) is 0 Å². The van der Waals surface area contributed by atoms with Crippen LogP contribution >= 0.6 is 0 Å². The number of phenolic OH excluding ortho intramolecular Hbond substituents is 4. The van der Waals surface area contributed by atoms with Crippen molar-refractivity contribution in [1.82, 2.24) is 0 Å². The molecule has 3 saturated heterocycles. The zero-order chi connectivity index (χ0) is 38.6. The SMILES string of the molecule is C[C@@H]1O[C@@H](O[C@@H]2[C@@H](O)[C@H](OCCc3ccc(O)c(O)c3)O[C@H](CO)[C@H]2OC(=O)C=Cc2ccc(O)c(O)c2)[C@H](O[C@@H]2O[C@H](CO)[C@@H](O)[C@H]2O)[C@H](O)[C@H]1O.